The van der Waals surface area contributed by atoms with Gasteiger partial charge in [-0.25, -0.2) is 8.42 Å². The standard InChI is InChI=1S/C13H19NO3S/c1-10-4-5-11(6-12(10)18(3,15)16)14-7-13(2)8-17-9-13/h4-6,14H,7-9H2,1-3H3. The summed E-state index contributed by atoms with van der Waals surface area (Å²) in [4.78, 5) is 0.391. The van der Waals surface area contributed by atoms with Gasteiger partial charge in [0.25, 0.3) is 0 Å². The van der Waals surface area contributed by atoms with Crippen LogP contribution >= 0.6 is 0 Å². The maximum Gasteiger partial charge on any atom is 0.175 e. The molecule has 4 nitrogen and oxygen atoms in total. The summed E-state index contributed by atoms with van der Waals surface area (Å²) in [5, 5.41) is 3.28. The van der Waals surface area contributed by atoms with Crippen LogP contribution in [0.15, 0.2) is 23.1 Å². The molecule has 0 saturated carbocycles. The number of hydrogen-bond acceptors (Lipinski definition) is 4. The van der Waals surface area contributed by atoms with Crippen LogP contribution in [-0.2, 0) is 14.6 Å². The third-order valence-electron chi connectivity index (χ3n) is 3.21. The molecule has 1 aliphatic rings. The van der Waals surface area contributed by atoms with Gasteiger partial charge in [-0.2, -0.15) is 0 Å². The molecule has 1 N–H and O–H groups in total. The normalized spacial score (nSPS) is 18.2. The number of rotatable bonds is 4. The van der Waals surface area contributed by atoms with E-state index in [2.05, 4.69) is 12.2 Å². The minimum Gasteiger partial charge on any atom is -0.384 e. The first-order chi connectivity index (χ1) is 8.30. The predicted molar refractivity (Wildman–Crippen MR) is 71.7 cm³/mol. The van der Waals surface area contributed by atoms with Crippen LogP contribution in [-0.4, -0.2) is 34.4 Å². The first-order valence-electron chi connectivity index (χ1n) is 5.93. The number of anilines is 1. The molecule has 0 spiro atoms. The second-order valence-corrected chi connectivity index (χ2v) is 7.39. The monoisotopic (exact) mass is 269 g/mol. The Bertz CT molecular complexity index is 547. The fourth-order valence-electron chi connectivity index (χ4n) is 1.98. The van der Waals surface area contributed by atoms with Crippen molar-refractivity contribution in [3.63, 3.8) is 0 Å². The van der Waals surface area contributed by atoms with Crippen molar-refractivity contribution in [1.29, 1.82) is 0 Å². The maximum atomic E-state index is 11.6. The van der Waals surface area contributed by atoms with Crippen LogP contribution in [0.1, 0.15) is 12.5 Å². The van der Waals surface area contributed by atoms with E-state index < -0.39 is 9.84 Å². The fraction of sp³-hybridized carbons (Fsp3) is 0.538. The van der Waals surface area contributed by atoms with Crippen molar-refractivity contribution in [3.8, 4) is 0 Å². The molecule has 1 fully saturated rings. The number of hydrogen-bond donors (Lipinski definition) is 1. The van der Waals surface area contributed by atoms with E-state index in [1.54, 1.807) is 13.0 Å². The van der Waals surface area contributed by atoms with Gasteiger partial charge in [-0.05, 0) is 24.6 Å². The summed E-state index contributed by atoms with van der Waals surface area (Å²) in [6.07, 6.45) is 1.24. The van der Waals surface area contributed by atoms with Crippen molar-refractivity contribution in [2.45, 2.75) is 18.7 Å². The molecule has 0 bridgehead atoms. The number of sulfone groups is 1. The maximum absolute atomic E-state index is 11.6. The Labute approximate surface area is 108 Å². The predicted octanol–water partition coefficient (Wildman–Crippen LogP) is 1.85. The average Bonchev–Trinajstić information content (AvgIpc) is 2.24. The smallest absolute Gasteiger partial charge is 0.175 e. The van der Waals surface area contributed by atoms with E-state index in [0.29, 0.717) is 4.90 Å². The molecule has 0 amide bonds. The second kappa shape index (κ2) is 4.55. The van der Waals surface area contributed by atoms with E-state index in [1.807, 2.05) is 12.1 Å². The first kappa shape index (κ1) is 13.4. The van der Waals surface area contributed by atoms with E-state index >= 15 is 0 Å². The average molecular weight is 269 g/mol. The van der Waals surface area contributed by atoms with Gasteiger partial charge in [-0.3, -0.25) is 0 Å². The van der Waals surface area contributed by atoms with Crippen LogP contribution in [0.5, 0.6) is 0 Å². The minimum atomic E-state index is -3.17. The van der Waals surface area contributed by atoms with Crippen molar-refractivity contribution in [3.05, 3.63) is 23.8 Å². The van der Waals surface area contributed by atoms with Crippen molar-refractivity contribution in [2.24, 2.45) is 5.41 Å². The molecule has 0 unspecified atom stereocenters. The highest BCUT2D eigenvalue weighted by Crippen LogP contribution is 2.27. The largest absolute Gasteiger partial charge is 0.384 e. The van der Waals surface area contributed by atoms with Crippen LogP contribution in [0.25, 0.3) is 0 Å². The number of aryl methyl sites for hydroxylation is 1. The number of benzene rings is 1. The highest BCUT2D eigenvalue weighted by Gasteiger charge is 2.32. The number of ether oxygens (including phenoxy) is 1. The summed E-state index contributed by atoms with van der Waals surface area (Å²) in [6.45, 7) is 6.26. The van der Waals surface area contributed by atoms with Gasteiger partial charge in [0.2, 0.25) is 0 Å². The summed E-state index contributed by atoms with van der Waals surface area (Å²) in [7, 11) is -3.17. The molecule has 5 heteroatoms. The molecule has 1 saturated heterocycles. The Kier molecular flexibility index (Phi) is 3.38. The summed E-state index contributed by atoms with van der Waals surface area (Å²) < 4.78 is 28.4. The van der Waals surface area contributed by atoms with Gasteiger partial charge in [0, 0.05) is 23.9 Å². The highest BCUT2D eigenvalue weighted by molar-refractivity contribution is 7.90. The van der Waals surface area contributed by atoms with Crippen LogP contribution in [0, 0.1) is 12.3 Å². The number of nitrogens with one attached hydrogen (secondary N) is 1. The third-order valence-corrected chi connectivity index (χ3v) is 4.45. The lowest BCUT2D eigenvalue weighted by Crippen LogP contribution is -2.45. The fourth-order valence-corrected chi connectivity index (χ4v) is 2.97. The summed E-state index contributed by atoms with van der Waals surface area (Å²) >= 11 is 0. The molecule has 1 aromatic rings. The Morgan fingerprint density at radius 1 is 1.39 bits per heavy atom. The van der Waals surface area contributed by atoms with E-state index in [4.69, 9.17) is 4.74 Å². The lowest BCUT2D eigenvalue weighted by molar-refractivity contribution is -0.0924. The SMILES string of the molecule is Cc1ccc(NCC2(C)COC2)cc1S(C)(=O)=O. The Morgan fingerprint density at radius 2 is 2.06 bits per heavy atom. The molecule has 0 radical (unpaired) electrons. The van der Waals surface area contributed by atoms with Crippen LogP contribution in [0.3, 0.4) is 0 Å². The first-order valence-corrected chi connectivity index (χ1v) is 7.82. The lowest BCUT2D eigenvalue weighted by atomic mass is 9.89. The quantitative estimate of drug-likeness (QED) is 0.906. The van der Waals surface area contributed by atoms with Crippen molar-refractivity contribution < 1.29 is 13.2 Å². The van der Waals surface area contributed by atoms with E-state index in [-0.39, 0.29) is 5.41 Å². The van der Waals surface area contributed by atoms with E-state index in [9.17, 15) is 8.42 Å². The molecule has 1 aliphatic heterocycles. The summed E-state index contributed by atoms with van der Waals surface area (Å²) in [6, 6.07) is 5.44. The van der Waals surface area contributed by atoms with E-state index in [1.165, 1.54) is 6.26 Å². The zero-order valence-corrected chi connectivity index (χ0v) is 11.8. The molecule has 1 heterocycles. The highest BCUT2D eigenvalue weighted by atomic mass is 32.2. The Balaban J connectivity index is 2.15. The molecule has 18 heavy (non-hydrogen) atoms. The summed E-state index contributed by atoms with van der Waals surface area (Å²) in [5.74, 6) is 0. The van der Waals surface area contributed by atoms with E-state index in [0.717, 1.165) is 31.0 Å². The summed E-state index contributed by atoms with van der Waals surface area (Å²) in [5.41, 5.74) is 1.78. The zero-order chi connectivity index (χ0) is 13.4. The molecule has 0 aliphatic carbocycles. The molecular formula is C13H19NO3S. The van der Waals surface area contributed by atoms with Gasteiger partial charge < -0.3 is 10.1 Å². The van der Waals surface area contributed by atoms with Crippen LogP contribution < -0.4 is 5.32 Å². The molecular weight excluding hydrogens is 250 g/mol. The van der Waals surface area contributed by atoms with Crippen molar-refractivity contribution >= 4 is 15.5 Å². The molecule has 0 aromatic heterocycles. The molecule has 1 aromatic carbocycles. The van der Waals surface area contributed by atoms with Gasteiger partial charge in [-0.15, -0.1) is 0 Å². The van der Waals surface area contributed by atoms with Crippen molar-refractivity contribution in [1.82, 2.24) is 0 Å². The topological polar surface area (TPSA) is 55.4 Å². The third kappa shape index (κ3) is 2.84. The molecule has 100 valence electrons. The second-order valence-electron chi connectivity index (χ2n) is 5.41. The lowest BCUT2D eigenvalue weighted by Gasteiger charge is -2.38. The minimum absolute atomic E-state index is 0.163. The van der Waals surface area contributed by atoms with Crippen molar-refractivity contribution in [2.75, 3.05) is 31.3 Å². The molecule has 2 rings (SSSR count). The Hall–Kier alpha value is -1.07. The van der Waals surface area contributed by atoms with Gasteiger partial charge in [0.1, 0.15) is 0 Å². The Morgan fingerprint density at radius 3 is 2.56 bits per heavy atom. The van der Waals surface area contributed by atoms with Gasteiger partial charge in [0.15, 0.2) is 9.84 Å². The molecule has 0 atom stereocenters. The van der Waals surface area contributed by atoms with Crippen LogP contribution in [0.4, 0.5) is 5.69 Å². The van der Waals surface area contributed by atoms with Gasteiger partial charge >= 0.3 is 0 Å². The van der Waals surface area contributed by atoms with Gasteiger partial charge in [0.05, 0.1) is 18.1 Å². The van der Waals surface area contributed by atoms with Gasteiger partial charge in [-0.1, -0.05) is 13.0 Å². The zero-order valence-electron chi connectivity index (χ0n) is 11.0. The van der Waals surface area contributed by atoms with Crippen LogP contribution in [0.2, 0.25) is 0 Å².